The van der Waals surface area contributed by atoms with Crippen LogP contribution in [0.5, 0.6) is 0 Å². The van der Waals surface area contributed by atoms with Crippen molar-refractivity contribution >= 4 is 5.78 Å². The number of carbonyl (C=O) groups is 1. The van der Waals surface area contributed by atoms with Crippen LogP contribution in [0.4, 0.5) is 0 Å². The molecule has 0 N–H and O–H groups in total. The second-order valence-electron chi connectivity index (χ2n) is 3.31. The number of furan rings is 1. The van der Waals surface area contributed by atoms with Gasteiger partial charge in [-0.2, -0.15) is 0 Å². The van der Waals surface area contributed by atoms with Gasteiger partial charge in [-0.3, -0.25) is 4.79 Å². The van der Waals surface area contributed by atoms with Crippen LogP contribution in [-0.4, -0.2) is 18.5 Å². The molecular formula is C10H12O3. The molecule has 3 nitrogen and oxygen atoms in total. The maximum Gasteiger partial charge on any atom is 0.203 e. The fourth-order valence-electron chi connectivity index (χ4n) is 1.68. The summed E-state index contributed by atoms with van der Waals surface area (Å²) in [4.78, 5) is 11.7. The molecule has 0 aliphatic carbocycles. The van der Waals surface area contributed by atoms with Gasteiger partial charge in [-0.05, 0) is 25.5 Å². The smallest absolute Gasteiger partial charge is 0.203 e. The summed E-state index contributed by atoms with van der Waals surface area (Å²) >= 11 is 0. The first kappa shape index (κ1) is 8.51. The first-order chi connectivity index (χ1) is 6.29. The van der Waals surface area contributed by atoms with E-state index in [1.165, 1.54) is 6.26 Å². The van der Waals surface area contributed by atoms with Crippen LogP contribution in [-0.2, 0) is 4.74 Å². The minimum Gasteiger partial charge on any atom is -0.461 e. The zero-order valence-corrected chi connectivity index (χ0v) is 7.53. The van der Waals surface area contributed by atoms with Crippen molar-refractivity contribution in [1.82, 2.24) is 0 Å². The summed E-state index contributed by atoms with van der Waals surface area (Å²) in [5, 5.41) is 0. The Balaban J connectivity index is 2.13. The van der Waals surface area contributed by atoms with Gasteiger partial charge in [0.15, 0.2) is 5.76 Å². The van der Waals surface area contributed by atoms with Gasteiger partial charge in [0.25, 0.3) is 0 Å². The highest BCUT2D eigenvalue weighted by Gasteiger charge is 2.32. The second-order valence-corrected chi connectivity index (χ2v) is 3.31. The predicted molar refractivity (Wildman–Crippen MR) is 46.6 cm³/mol. The zero-order valence-electron chi connectivity index (χ0n) is 7.53. The summed E-state index contributed by atoms with van der Waals surface area (Å²) in [5.41, 5.74) is 0. The maximum atomic E-state index is 11.7. The average Bonchev–Trinajstić information content (AvgIpc) is 2.72. The molecule has 70 valence electrons. The second kappa shape index (κ2) is 3.34. The van der Waals surface area contributed by atoms with E-state index in [1.54, 1.807) is 12.1 Å². The molecule has 13 heavy (non-hydrogen) atoms. The van der Waals surface area contributed by atoms with Gasteiger partial charge in [0.05, 0.1) is 18.3 Å². The van der Waals surface area contributed by atoms with Crippen LogP contribution >= 0.6 is 0 Å². The highest BCUT2D eigenvalue weighted by atomic mass is 16.5. The number of ketones is 1. The Labute approximate surface area is 76.7 Å². The van der Waals surface area contributed by atoms with E-state index in [0.29, 0.717) is 12.4 Å². The van der Waals surface area contributed by atoms with Crippen LogP contribution in [0.3, 0.4) is 0 Å². The van der Waals surface area contributed by atoms with Gasteiger partial charge in [-0.25, -0.2) is 0 Å². The monoisotopic (exact) mass is 180 g/mol. The molecule has 0 saturated carbocycles. The highest BCUT2D eigenvalue weighted by molar-refractivity contribution is 5.95. The van der Waals surface area contributed by atoms with Gasteiger partial charge in [-0.15, -0.1) is 0 Å². The average molecular weight is 180 g/mol. The molecule has 1 aliphatic heterocycles. The van der Waals surface area contributed by atoms with E-state index in [0.717, 1.165) is 6.42 Å². The third kappa shape index (κ3) is 1.52. The summed E-state index contributed by atoms with van der Waals surface area (Å²) in [6.07, 6.45) is 2.35. The summed E-state index contributed by atoms with van der Waals surface area (Å²) in [5.74, 6) is 0.489. The van der Waals surface area contributed by atoms with Crippen molar-refractivity contribution in [3.63, 3.8) is 0 Å². The Hall–Kier alpha value is -1.09. The molecular weight excluding hydrogens is 168 g/mol. The van der Waals surface area contributed by atoms with Crippen LogP contribution in [0.1, 0.15) is 23.9 Å². The number of ether oxygens (including phenoxy) is 1. The van der Waals surface area contributed by atoms with Crippen LogP contribution < -0.4 is 0 Å². The SMILES string of the molecule is CC1OCCC1C(=O)c1ccco1. The molecule has 1 fully saturated rings. The number of hydrogen-bond donors (Lipinski definition) is 0. The van der Waals surface area contributed by atoms with Gasteiger partial charge in [0, 0.05) is 6.61 Å². The number of hydrogen-bond acceptors (Lipinski definition) is 3. The van der Waals surface area contributed by atoms with Crippen molar-refractivity contribution in [1.29, 1.82) is 0 Å². The number of carbonyl (C=O) groups excluding carboxylic acids is 1. The van der Waals surface area contributed by atoms with Gasteiger partial charge >= 0.3 is 0 Å². The van der Waals surface area contributed by atoms with Gasteiger partial charge in [0.1, 0.15) is 0 Å². The third-order valence-electron chi connectivity index (χ3n) is 2.48. The standard InChI is InChI=1S/C10H12O3/c1-7-8(4-6-12-7)10(11)9-3-2-5-13-9/h2-3,5,7-8H,4,6H2,1H3. The molecule has 1 aliphatic rings. The van der Waals surface area contributed by atoms with Crippen molar-refractivity contribution in [2.24, 2.45) is 5.92 Å². The Kier molecular flexibility index (Phi) is 2.19. The van der Waals surface area contributed by atoms with E-state index in [2.05, 4.69) is 0 Å². The molecule has 0 amide bonds. The molecule has 1 aromatic rings. The Bertz CT molecular complexity index is 289. The largest absolute Gasteiger partial charge is 0.461 e. The lowest BCUT2D eigenvalue weighted by atomic mass is 9.96. The summed E-state index contributed by atoms with van der Waals surface area (Å²) in [7, 11) is 0. The quantitative estimate of drug-likeness (QED) is 0.652. The summed E-state index contributed by atoms with van der Waals surface area (Å²) in [6.45, 7) is 2.61. The maximum absolute atomic E-state index is 11.7. The van der Waals surface area contributed by atoms with Gasteiger partial charge in [-0.1, -0.05) is 0 Å². The van der Waals surface area contributed by atoms with E-state index in [9.17, 15) is 4.79 Å². The molecule has 0 bridgehead atoms. The van der Waals surface area contributed by atoms with Crippen molar-refractivity contribution in [2.45, 2.75) is 19.4 Å². The molecule has 0 aromatic carbocycles. The minimum absolute atomic E-state index is 0.0221. The van der Waals surface area contributed by atoms with Gasteiger partial charge < -0.3 is 9.15 Å². The molecule has 3 heteroatoms. The van der Waals surface area contributed by atoms with Crippen molar-refractivity contribution < 1.29 is 13.9 Å². The van der Waals surface area contributed by atoms with E-state index in [4.69, 9.17) is 9.15 Å². The van der Waals surface area contributed by atoms with Crippen LogP contribution in [0.15, 0.2) is 22.8 Å². The normalized spacial score (nSPS) is 27.8. The zero-order chi connectivity index (χ0) is 9.26. The Morgan fingerprint density at radius 2 is 2.46 bits per heavy atom. The fourth-order valence-corrected chi connectivity index (χ4v) is 1.68. The van der Waals surface area contributed by atoms with E-state index >= 15 is 0 Å². The topological polar surface area (TPSA) is 39.4 Å². The van der Waals surface area contributed by atoms with Gasteiger partial charge in [0.2, 0.25) is 5.78 Å². The predicted octanol–water partition coefficient (Wildman–Crippen LogP) is 1.89. The molecule has 2 heterocycles. The number of Topliss-reactive ketones (excluding diaryl/α,β-unsaturated/α-hetero) is 1. The molecule has 2 atom stereocenters. The molecule has 2 rings (SSSR count). The lowest BCUT2D eigenvalue weighted by Gasteiger charge is -2.10. The molecule has 2 unspecified atom stereocenters. The van der Waals surface area contributed by atoms with E-state index in [-0.39, 0.29) is 17.8 Å². The first-order valence-electron chi connectivity index (χ1n) is 4.48. The van der Waals surface area contributed by atoms with Crippen LogP contribution in [0, 0.1) is 5.92 Å². The molecule has 0 spiro atoms. The highest BCUT2D eigenvalue weighted by Crippen LogP contribution is 2.24. The van der Waals surface area contributed by atoms with Crippen molar-refractivity contribution in [2.75, 3.05) is 6.61 Å². The summed E-state index contributed by atoms with van der Waals surface area (Å²) in [6, 6.07) is 3.43. The lowest BCUT2D eigenvalue weighted by molar-refractivity contribution is 0.0740. The third-order valence-corrected chi connectivity index (χ3v) is 2.48. The van der Waals surface area contributed by atoms with E-state index < -0.39 is 0 Å². The van der Waals surface area contributed by atoms with Crippen molar-refractivity contribution in [3.8, 4) is 0 Å². The summed E-state index contributed by atoms with van der Waals surface area (Å²) < 4.78 is 10.4. The molecule has 1 saturated heterocycles. The number of rotatable bonds is 2. The lowest BCUT2D eigenvalue weighted by Crippen LogP contribution is -2.21. The molecule has 1 aromatic heterocycles. The van der Waals surface area contributed by atoms with Crippen molar-refractivity contribution in [3.05, 3.63) is 24.2 Å². The van der Waals surface area contributed by atoms with E-state index in [1.807, 2.05) is 6.92 Å². The Morgan fingerprint density at radius 3 is 3.00 bits per heavy atom. The van der Waals surface area contributed by atoms with Crippen LogP contribution in [0.25, 0.3) is 0 Å². The minimum atomic E-state index is -0.0221. The fraction of sp³-hybridized carbons (Fsp3) is 0.500. The first-order valence-corrected chi connectivity index (χ1v) is 4.48. The Morgan fingerprint density at radius 1 is 1.62 bits per heavy atom. The van der Waals surface area contributed by atoms with Crippen LogP contribution in [0.2, 0.25) is 0 Å². The molecule has 0 radical (unpaired) electrons.